The van der Waals surface area contributed by atoms with E-state index >= 15 is 0 Å². The van der Waals surface area contributed by atoms with E-state index in [0.717, 1.165) is 16.2 Å². The van der Waals surface area contributed by atoms with E-state index in [2.05, 4.69) is 0 Å². The molecule has 86 valence electrons. The summed E-state index contributed by atoms with van der Waals surface area (Å²) in [7, 11) is 0. The molecule has 0 spiro atoms. The Morgan fingerprint density at radius 3 is 2.65 bits per heavy atom. The third kappa shape index (κ3) is 2.19. The number of aromatic hydroxyl groups is 1. The van der Waals surface area contributed by atoms with E-state index in [4.69, 9.17) is 5.11 Å². The molecule has 5 heteroatoms. The monoisotopic (exact) mass is 248 g/mol. The van der Waals surface area contributed by atoms with Gasteiger partial charge in [-0.25, -0.2) is 4.79 Å². The van der Waals surface area contributed by atoms with Crippen LogP contribution in [-0.2, 0) is 9.59 Å². The van der Waals surface area contributed by atoms with Gasteiger partial charge in [-0.15, -0.1) is 0 Å². The van der Waals surface area contributed by atoms with Crippen LogP contribution >= 0.6 is 11.3 Å². The van der Waals surface area contributed by atoms with Gasteiger partial charge in [0, 0.05) is 15.6 Å². The van der Waals surface area contributed by atoms with Crippen molar-refractivity contribution in [2.24, 2.45) is 0 Å². The van der Waals surface area contributed by atoms with Gasteiger partial charge in [-0.1, -0.05) is 29.5 Å². The van der Waals surface area contributed by atoms with Crippen molar-refractivity contribution in [1.82, 2.24) is 0 Å². The van der Waals surface area contributed by atoms with Crippen LogP contribution in [0.4, 0.5) is 0 Å². The number of carboxylic acid groups (broad SMARTS) is 1. The lowest BCUT2D eigenvalue weighted by Crippen LogP contribution is -2.08. The number of carbonyl (C=O) groups is 2. The highest BCUT2D eigenvalue weighted by molar-refractivity contribution is 7.21. The van der Waals surface area contributed by atoms with Crippen molar-refractivity contribution in [3.63, 3.8) is 0 Å². The molecule has 2 aromatic rings. The lowest BCUT2D eigenvalue weighted by molar-refractivity contribution is -0.146. The van der Waals surface area contributed by atoms with Crippen molar-refractivity contribution in [2.75, 3.05) is 0 Å². The first-order chi connectivity index (χ1) is 8.09. The van der Waals surface area contributed by atoms with Gasteiger partial charge in [0.05, 0.1) is 0 Å². The average molecular weight is 248 g/mol. The summed E-state index contributed by atoms with van der Waals surface area (Å²) in [6.45, 7) is 0. The van der Waals surface area contributed by atoms with Crippen LogP contribution in [0.2, 0.25) is 0 Å². The van der Waals surface area contributed by atoms with Gasteiger partial charge in [0.1, 0.15) is 0 Å². The fraction of sp³-hybridized carbons (Fsp3) is 0. The first-order valence-corrected chi connectivity index (χ1v) is 5.57. The molecule has 17 heavy (non-hydrogen) atoms. The Morgan fingerprint density at radius 1 is 1.24 bits per heavy atom. The summed E-state index contributed by atoms with van der Waals surface area (Å²) in [6.07, 6.45) is 2.27. The van der Waals surface area contributed by atoms with Gasteiger partial charge < -0.3 is 10.2 Å². The van der Waals surface area contributed by atoms with Crippen LogP contribution < -0.4 is 0 Å². The number of rotatable bonds is 3. The van der Waals surface area contributed by atoms with Crippen molar-refractivity contribution in [3.8, 4) is 5.06 Å². The van der Waals surface area contributed by atoms with E-state index in [0.29, 0.717) is 5.56 Å². The molecule has 0 aliphatic carbocycles. The lowest BCUT2D eigenvalue weighted by atomic mass is 10.1. The Kier molecular flexibility index (Phi) is 2.93. The highest BCUT2D eigenvalue weighted by atomic mass is 32.1. The van der Waals surface area contributed by atoms with Gasteiger partial charge >= 0.3 is 5.97 Å². The molecule has 2 rings (SSSR count). The highest BCUT2D eigenvalue weighted by Gasteiger charge is 2.10. The van der Waals surface area contributed by atoms with E-state index in [-0.39, 0.29) is 5.06 Å². The SMILES string of the molecule is O=C(O)C(=O)/C=C/c1c(O)sc2ccccc12. The van der Waals surface area contributed by atoms with Crippen LogP contribution in [-0.4, -0.2) is 22.0 Å². The standard InChI is InChI=1S/C12H8O4S/c13-9(11(14)15)6-5-8-7-3-1-2-4-10(7)17-12(8)16/h1-6,16H,(H,14,15)/b6-5+. The Labute approximate surface area is 100 Å². The molecule has 4 nitrogen and oxygen atoms in total. The van der Waals surface area contributed by atoms with Crippen molar-refractivity contribution in [1.29, 1.82) is 0 Å². The second kappa shape index (κ2) is 4.39. The van der Waals surface area contributed by atoms with Crippen LogP contribution in [0, 0.1) is 0 Å². The second-order valence-electron chi connectivity index (χ2n) is 3.32. The van der Waals surface area contributed by atoms with Gasteiger partial charge in [-0.05, 0) is 18.2 Å². The van der Waals surface area contributed by atoms with Crippen molar-refractivity contribution < 1.29 is 19.8 Å². The summed E-state index contributed by atoms with van der Waals surface area (Å²) in [5, 5.41) is 19.0. The van der Waals surface area contributed by atoms with Crippen molar-refractivity contribution >= 4 is 39.3 Å². The molecule has 0 amide bonds. The minimum atomic E-state index is -1.51. The Bertz CT molecular complexity index is 624. The highest BCUT2D eigenvalue weighted by Crippen LogP contribution is 2.37. The molecule has 0 aliphatic rings. The van der Waals surface area contributed by atoms with Gasteiger partial charge in [-0.3, -0.25) is 4.79 Å². The third-order valence-electron chi connectivity index (χ3n) is 2.23. The van der Waals surface area contributed by atoms with Crippen molar-refractivity contribution in [2.45, 2.75) is 0 Å². The maximum absolute atomic E-state index is 10.9. The van der Waals surface area contributed by atoms with E-state index < -0.39 is 11.8 Å². The number of carboxylic acids is 1. The third-order valence-corrected chi connectivity index (χ3v) is 3.22. The van der Waals surface area contributed by atoms with Gasteiger partial charge in [-0.2, -0.15) is 0 Å². The summed E-state index contributed by atoms with van der Waals surface area (Å²) in [5.74, 6) is -2.53. The number of hydrogen-bond donors (Lipinski definition) is 2. The number of fused-ring (bicyclic) bond motifs is 1. The predicted molar refractivity (Wildman–Crippen MR) is 65.2 cm³/mol. The molecule has 2 N–H and O–H groups in total. The summed E-state index contributed by atoms with van der Waals surface area (Å²) in [4.78, 5) is 21.3. The molecule has 0 atom stereocenters. The van der Waals surface area contributed by atoms with Crippen LogP contribution in [0.15, 0.2) is 30.3 Å². The van der Waals surface area contributed by atoms with Gasteiger partial charge in [0.15, 0.2) is 5.06 Å². The van der Waals surface area contributed by atoms with Gasteiger partial charge in [0.25, 0.3) is 5.78 Å². The summed E-state index contributed by atoms with van der Waals surface area (Å²) >= 11 is 1.18. The Balaban J connectivity index is 2.45. The van der Waals surface area contributed by atoms with E-state index in [1.807, 2.05) is 18.2 Å². The number of ketones is 1. The van der Waals surface area contributed by atoms with Crippen molar-refractivity contribution in [3.05, 3.63) is 35.9 Å². The van der Waals surface area contributed by atoms with Crippen LogP contribution in [0.3, 0.4) is 0 Å². The summed E-state index contributed by atoms with van der Waals surface area (Å²) in [5.41, 5.74) is 0.472. The quantitative estimate of drug-likeness (QED) is 0.645. The molecule has 1 aromatic heterocycles. The molecular formula is C12H8O4S. The zero-order valence-electron chi connectivity index (χ0n) is 8.58. The largest absolute Gasteiger partial charge is 0.499 e. The molecular weight excluding hydrogens is 240 g/mol. The zero-order valence-corrected chi connectivity index (χ0v) is 9.40. The molecule has 0 unspecified atom stereocenters. The first kappa shape index (κ1) is 11.3. The van der Waals surface area contributed by atoms with E-state index in [1.54, 1.807) is 6.07 Å². The van der Waals surface area contributed by atoms with Crippen LogP contribution in [0.1, 0.15) is 5.56 Å². The number of hydrogen-bond acceptors (Lipinski definition) is 4. The predicted octanol–water partition coefficient (Wildman–Crippen LogP) is 2.27. The molecule has 0 aliphatic heterocycles. The molecule has 0 saturated carbocycles. The minimum absolute atomic E-state index is 0.0700. The molecule has 0 saturated heterocycles. The van der Waals surface area contributed by atoms with E-state index in [9.17, 15) is 14.7 Å². The van der Waals surface area contributed by atoms with Crippen LogP contribution in [0.25, 0.3) is 16.2 Å². The Hall–Kier alpha value is -2.14. The number of benzene rings is 1. The molecule has 0 radical (unpaired) electrons. The fourth-order valence-electron chi connectivity index (χ4n) is 1.44. The summed E-state index contributed by atoms with van der Waals surface area (Å²) < 4.78 is 0.882. The normalized spacial score (nSPS) is 11.1. The lowest BCUT2D eigenvalue weighted by Gasteiger charge is -1.91. The smallest absolute Gasteiger partial charge is 0.376 e. The number of carbonyl (C=O) groups excluding carboxylic acids is 1. The first-order valence-electron chi connectivity index (χ1n) is 4.75. The van der Waals surface area contributed by atoms with Crippen LogP contribution in [0.5, 0.6) is 5.06 Å². The maximum atomic E-state index is 10.9. The molecule has 1 aromatic carbocycles. The average Bonchev–Trinajstić information content (AvgIpc) is 2.61. The second-order valence-corrected chi connectivity index (χ2v) is 4.35. The molecule has 1 heterocycles. The summed E-state index contributed by atoms with van der Waals surface area (Å²) in [6, 6.07) is 7.30. The van der Waals surface area contributed by atoms with Gasteiger partial charge in [0.2, 0.25) is 0 Å². The zero-order chi connectivity index (χ0) is 12.4. The number of thiophene rings is 1. The maximum Gasteiger partial charge on any atom is 0.376 e. The number of aliphatic carboxylic acids is 1. The van der Waals surface area contributed by atoms with E-state index in [1.165, 1.54) is 17.4 Å². The minimum Gasteiger partial charge on any atom is -0.499 e. The molecule has 0 fully saturated rings. The fourth-order valence-corrected chi connectivity index (χ4v) is 2.37. The topological polar surface area (TPSA) is 74.6 Å². The molecule has 0 bridgehead atoms. The Morgan fingerprint density at radius 2 is 1.94 bits per heavy atom.